The maximum Gasteiger partial charge on any atom is 0.291 e. The summed E-state index contributed by atoms with van der Waals surface area (Å²) in [4.78, 5) is 26.5. The van der Waals surface area contributed by atoms with Crippen LogP contribution in [0.25, 0.3) is 0 Å². The molecule has 1 aromatic heterocycles. The van der Waals surface area contributed by atoms with E-state index in [-0.39, 0.29) is 22.9 Å². The van der Waals surface area contributed by atoms with Crippen molar-refractivity contribution >= 4 is 35.0 Å². The van der Waals surface area contributed by atoms with E-state index >= 15 is 0 Å². The predicted octanol–water partition coefficient (Wildman–Crippen LogP) is 5.43. The average molecular weight is 407 g/mol. The zero-order valence-corrected chi connectivity index (χ0v) is 17.1. The normalized spacial score (nSPS) is 16.4. The molecule has 5 nitrogen and oxygen atoms in total. The van der Waals surface area contributed by atoms with Gasteiger partial charge in [-0.15, -0.1) is 11.8 Å². The number of anilines is 2. The van der Waals surface area contributed by atoms with E-state index in [1.165, 1.54) is 11.8 Å². The fourth-order valence-electron chi connectivity index (χ4n) is 3.30. The quantitative estimate of drug-likeness (QED) is 0.613. The van der Waals surface area contributed by atoms with Gasteiger partial charge in [0.1, 0.15) is 5.37 Å². The van der Waals surface area contributed by atoms with Crippen molar-refractivity contribution in [3.63, 3.8) is 0 Å². The van der Waals surface area contributed by atoms with Crippen LogP contribution < -0.4 is 10.2 Å². The Morgan fingerprint density at radius 3 is 2.45 bits per heavy atom. The lowest BCUT2D eigenvalue weighted by atomic mass is 10.0. The van der Waals surface area contributed by atoms with Gasteiger partial charge < -0.3 is 9.73 Å². The zero-order valence-electron chi connectivity index (χ0n) is 16.3. The van der Waals surface area contributed by atoms with Crippen LogP contribution in [0.4, 0.5) is 11.4 Å². The Kier molecular flexibility index (Phi) is 5.45. The van der Waals surface area contributed by atoms with E-state index in [1.54, 1.807) is 23.9 Å². The lowest BCUT2D eigenvalue weighted by Crippen LogP contribution is -2.27. The van der Waals surface area contributed by atoms with Gasteiger partial charge in [-0.25, -0.2) is 0 Å². The van der Waals surface area contributed by atoms with Crippen LogP contribution in [0.5, 0.6) is 0 Å². The third-order valence-electron chi connectivity index (χ3n) is 4.90. The number of nitrogens with zero attached hydrogens (tertiary/aromatic N) is 1. The van der Waals surface area contributed by atoms with Crippen molar-refractivity contribution in [1.29, 1.82) is 0 Å². The van der Waals surface area contributed by atoms with Gasteiger partial charge in [-0.3, -0.25) is 14.5 Å². The molecule has 148 valence electrons. The summed E-state index contributed by atoms with van der Waals surface area (Å²) in [5.74, 6) is 0.982. The molecule has 29 heavy (non-hydrogen) atoms. The number of carbonyl (C=O) groups excluding carboxylic acids is 2. The molecule has 6 heteroatoms. The molecule has 0 spiro atoms. The predicted molar refractivity (Wildman–Crippen MR) is 116 cm³/mol. The minimum atomic E-state index is -0.292. The fraction of sp³-hybridized carbons (Fsp3) is 0.217. The number of benzene rings is 2. The lowest BCUT2D eigenvalue weighted by Gasteiger charge is -2.25. The molecule has 1 fully saturated rings. The summed E-state index contributed by atoms with van der Waals surface area (Å²) in [5, 5.41) is 2.73. The van der Waals surface area contributed by atoms with Crippen molar-refractivity contribution in [1.82, 2.24) is 0 Å². The van der Waals surface area contributed by atoms with Crippen molar-refractivity contribution in [3.8, 4) is 0 Å². The first-order valence-corrected chi connectivity index (χ1v) is 10.6. The Hall–Kier alpha value is -2.99. The minimum Gasteiger partial charge on any atom is -0.459 e. The molecular formula is C23H22N2O3S. The number of hydrogen-bond acceptors (Lipinski definition) is 4. The van der Waals surface area contributed by atoms with Gasteiger partial charge >= 0.3 is 0 Å². The van der Waals surface area contributed by atoms with Gasteiger partial charge in [-0.1, -0.05) is 38.1 Å². The van der Waals surface area contributed by atoms with Gasteiger partial charge in [0, 0.05) is 11.4 Å². The Morgan fingerprint density at radius 1 is 1.10 bits per heavy atom. The molecule has 0 aliphatic carbocycles. The SMILES string of the molecule is CC(C)c1ccc(N2C(=O)CSC2c2ccc(NC(=O)c3ccco3)cc2)cc1. The molecule has 1 aliphatic heterocycles. The molecular weight excluding hydrogens is 384 g/mol. The molecule has 4 rings (SSSR count). The Balaban J connectivity index is 1.52. The van der Waals surface area contributed by atoms with Crippen LogP contribution in [0.3, 0.4) is 0 Å². The highest BCUT2D eigenvalue weighted by Gasteiger charge is 2.34. The van der Waals surface area contributed by atoms with Crippen molar-refractivity contribution in [2.45, 2.75) is 25.1 Å². The first kappa shape index (κ1) is 19.3. The molecule has 2 amide bonds. The first-order valence-electron chi connectivity index (χ1n) is 9.51. The second-order valence-electron chi connectivity index (χ2n) is 7.23. The second-order valence-corrected chi connectivity index (χ2v) is 8.30. The summed E-state index contributed by atoms with van der Waals surface area (Å²) in [7, 11) is 0. The van der Waals surface area contributed by atoms with Crippen molar-refractivity contribution < 1.29 is 14.0 Å². The number of furan rings is 1. The largest absolute Gasteiger partial charge is 0.459 e. The van der Waals surface area contributed by atoms with E-state index in [9.17, 15) is 9.59 Å². The molecule has 0 saturated carbocycles. The molecule has 1 N–H and O–H groups in total. The molecule has 0 radical (unpaired) electrons. The van der Waals surface area contributed by atoms with Gasteiger partial charge in [-0.2, -0.15) is 0 Å². The minimum absolute atomic E-state index is 0.0813. The summed E-state index contributed by atoms with van der Waals surface area (Å²) in [5.41, 5.74) is 3.85. The highest BCUT2D eigenvalue weighted by Crippen LogP contribution is 2.42. The molecule has 1 saturated heterocycles. The Morgan fingerprint density at radius 2 is 1.83 bits per heavy atom. The number of rotatable bonds is 5. The average Bonchev–Trinajstić information content (AvgIpc) is 3.39. The van der Waals surface area contributed by atoms with E-state index in [1.807, 2.05) is 41.3 Å². The second kappa shape index (κ2) is 8.17. The third-order valence-corrected chi connectivity index (χ3v) is 6.12. The molecule has 1 unspecified atom stereocenters. The highest BCUT2D eigenvalue weighted by molar-refractivity contribution is 8.00. The van der Waals surface area contributed by atoms with Gasteiger partial charge in [0.2, 0.25) is 5.91 Å². The Labute approximate surface area is 174 Å². The van der Waals surface area contributed by atoms with Crippen LogP contribution in [0.2, 0.25) is 0 Å². The standard InChI is InChI=1S/C23H22N2O3S/c1-15(2)16-7-11-19(12-8-16)25-21(26)14-29-23(25)17-5-9-18(10-6-17)24-22(27)20-4-3-13-28-20/h3-13,15,23H,14H2,1-2H3,(H,24,27). The van der Waals surface area contributed by atoms with Crippen LogP contribution in [0.15, 0.2) is 71.3 Å². The number of hydrogen-bond donors (Lipinski definition) is 1. The molecule has 3 aromatic rings. The fourth-order valence-corrected chi connectivity index (χ4v) is 4.48. The topological polar surface area (TPSA) is 62.6 Å². The maximum atomic E-state index is 12.6. The Bertz CT molecular complexity index is 996. The van der Waals surface area contributed by atoms with Crippen LogP contribution in [-0.4, -0.2) is 17.6 Å². The highest BCUT2D eigenvalue weighted by atomic mass is 32.2. The summed E-state index contributed by atoms with van der Waals surface area (Å²) in [6, 6.07) is 19.1. The number of amides is 2. The van der Waals surface area contributed by atoms with Crippen LogP contribution >= 0.6 is 11.8 Å². The summed E-state index contributed by atoms with van der Waals surface area (Å²) in [6.45, 7) is 4.31. The van der Waals surface area contributed by atoms with Gasteiger partial charge in [0.05, 0.1) is 12.0 Å². The smallest absolute Gasteiger partial charge is 0.291 e. The third kappa shape index (κ3) is 4.07. The van der Waals surface area contributed by atoms with Crippen LogP contribution in [0.1, 0.15) is 46.8 Å². The number of thioether (sulfide) groups is 1. The zero-order chi connectivity index (χ0) is 20.4. The van der Waals surface area contributed by atoms with Crippen molar-refractivity contribution in [3.05, 3.63) is 83.8 Å². The monoisotopic (exact) mass is 406 g/mol. The maximum absolute atomic E-state index is 12.6. The van der Waals surface area contributed by atoms with Gasteiger partial charge in [0.25, 0.3) is 5.91 Å². The molecule has 2 aromatic carbocycles. The van der Waals surface area contributed by atoms with E-state index in [0.29, 0.717) is 17.4 Å². The van der Waals surface area contributed by atoms with Crippen LogP contribution in [-0.2, 0) is 4.79 Å². The summed E-state index contributed by atoms with van der Waals surface area (Å²) >= 11 is 1.61. The number of carbonyl (C=O) groups is 2. The molecule has 1 aliphatic rings. The van der Waals surface area contributed by atoms with Crippen molar-refractivity contribution in [2.75, 3.05) is 16.0 Å². The van der Waals surface area contributed by atoms with E-state index < -0.39 is 0 Å². The van der Waals surface area contributed by atoms with E-state index in [0.717, 1.165) is 11.3 Å². The number of nitrogens with one attached hydrogen (secondary N) is 1. The molecule has 0 bridgehead atoms. The first-order chi connectivity index (χ1) is 14.0. The van der Waals surface area contributed by atoms with Crippen LogP contribution in [0, 0.1) is 0 Å². The van der Waals surface area contributed by atoms with E-state index in [4.69, 9.17) is 4.42 Å². The lowest BCUT2D eigenvalue weighted by molar-refractivity contribution is -0.115. The van der Waals surface area contributed by atoms with Gasteiger partial charge in [-0.05, 0) is 53.4 Å². The molecule has 2 heterocycles. The molecule has 1 atom stereocenters. The summed E-state index contributed by atoms with van der Waals surface area (Å²) in [6.07, 6.45) is 1.47. The van der Waals surface area contributed by atoms with E-state index in [2.05, 4.69) is 31.3 Å². The summed E-state index contributed by atoms with van der Waals surface area (Å²) < 4.78 is 5.11. The van der Waals surface area contributed by atoms with Crippen molar-refractivity contribution in [2.24, 2.45) is 0 Å². The van der Waals surface area contributed by atoms with Gasteiger partial charge in [0.15, 0.2) is 5.76 Å².